The molecule has 1 fully saturated rings. The van der Waals surface area contributed by atoms with E-state index in [1.807, 2.05) is 36.1 Å². The molecule has 5 heteroatoms. The number of rotatable bonds is 4. The van der Waals surface area contributed by atoms with Gasteiger partial charge in [0.05, 0.1) is 5.92 Å². The molecule has 0 saturated carbocycles. The van der Waals surface area contributed by atoms with Gasteiger partial charge in [-0.3, -0.25) is 4.90 Å². The van der Waals surface area contributed by atoms with Crippen LogP contribution in [0.4, 0.5) is 13.2 Å². The van der Waals surface area contributed by atoms with Crippen LogP contribution >= 0.6 is 0 Å². The minimum absolute atomic E-state index is 0.0979. The Balaban J connectivity index is 1.76. The van der Waals surface area contributed by atoms with Gasteiger partial charge in [0.15, 0.2) is 0 Å². The van der Waals surface area contributed by atoms with E-state index in [0.717, 1.165) is 17.9 Å². The molecule has 0 spiro atoms. The Morgan fingerprint density at radius 3 is 2.85 bits per heavy atom. The van der Waals surface area contributed by atoms with Crippen molar-refractivity contribution >= 4 is 0 Å². The summed E-state index contributed by atoms with van der Waals surface area (Å²) in [4.78, 5) is 1.84. The maximum Gasteiger partial charge on any atom is 0.393 e. The highest BCUT2D eigenvalue weighted by Gasteiger charge is 2.41. The van der Waals surface area contributed by atoms with Crippen LogP contribution in [0.15, 0.2) is 24.3 Å². The zero-order valence-electron chi connectivity index (χ0n) is 11.6. The molecule has 0 radical (unpaired) electrons. The second-order valence-electron chi connectivity index (χ2n) is 5.35. The summed E-state index contributed by atoms with van der Waals surface area (Å²) in [6.07, 6.45) is -3.22. The number of hydrogen-bond donors (Lipinski definition) is 0. The average Bonchev–Trinajstić information content (AvgIpc) is 2.38. The Kier molecular flexibility index (Phi) is 4.91. The lowest BCUT2D eigenvalue weighted by Gasteiger charge is -2.33. The van der Waals surface area contributed by atoms with Gasteiger partial charge in [0.25, 0.3) is 0 Å². The van der Waals surface area contributed by atoms with Gasteiger partial charge >= 0.3 is 6.18 Å². The first kappa shape index (κ1) is 15.2. The summed E-state index contributed by atoms with van der Waals surface area (Å²) in [5.74, 6) is -0.412. The fraction of sp³-hybridized carbons (Fsp3) is 0.600. The second-order valence-corrected chi connectivity index (χ2v) is 5.35. The summed E-state index contributed by atoms with van der Waals surface area (Å²) in [6.45, 7) is 3.77. The molecule has 0 unspecified atom stereocenters. The van der Waals surface area contributed by atoms with Gasteiger partial charge in [-0.25, -0.2) is 0 Å². The van der Waals surface area contributed by atoms with Gasteiger partial charge in [0.1, 0.15) is 12.4 Å². The summed E-state index contributed by atoms with van der Waals surface area (Å²) in [5, 5.41) is 0. The third kappa shape index (κ3) is 4.40. The van der Waals surface area contributed by atoms with Crippen LogP contribution in [0.1, 0.15) is 18.4 Å². The molecule has 1 aromatic rings. The van der Waals surface area contributed by atoms with Gasteiger partial charge in [0, 0.05) is 13.1 Å². The standard InChI is InChI=1S/C15H20F3NO/c1-12-4-2-6-14(10-12)20-9-8-19-7-3-5-13(11-19)15(16,17)18/h2,4,6,10,13H,3,5,7-9,11H2,1H3/t13-/m1/s1. The smallest absolute Gasteiger partial charge is 0.393 e. The van der Waals surface area contributed by atoms with Crippen molar-refractivity contribution in [3.05, 3.63) is 29.8 Å². The Hall–Kier alpha value is -1.23. The predicted molar refractivity (Wildman–Crippen MR) is 71.9 cm³/mol. The molecule has 1 aliphatic rings. The Bertz CT molecular complexity index is 433. The maximum absolute atomic E-state index is 12.7. The lowest BCUT2D eigenvalue weighted by atomic mass is 9.98. The van der Waals surface area contributed by atoms with Gasteiger partial charge in [0.2, 0.25) is 0 Å². The molecule has 2 rings (SSSR count). The van der Waals surface area contributed by atoms with E-state index < -0.39 is 12.1 Å². The van der Waals surface area contributed by atoms with Crippen LogP contribution in [-0.4, -0.2) is 37.3 Å². The fourth-order valence-electron chi connectivity index (χ4n) is 2.52. The van der Waals surface area contributed by atoms with E-state index in [-0.39, 0.29) is 13.0 Å². The molecule has 1 heterocycles. The van der Waals surface area contributed by atoms with Crippen LogP contribution in [0.25, 0.3) is 0 Å². The summed E-state index contributed by atoms with van der Waals surface area (Å²) in [7, 11) is 0. The van der Waals surface area contributed by atoms with E-state index in [9.17, 15) is 13.2 Å². The van der Waals surface area contributed by atoms with E-state index in [2.05, 4.69) is 0 Å². The number of halogens is 3. The van der Waals surface area contributed by atoms with Gasteiger partial charge < -0.3 is 4.74 Å². The molecule has 0 bridgehead atoms. The van der Waals surface area contributed by atoms with Crippen molar-refractivity contribution in [1.29, 1.82) is 0 Å². The molecule has 0 aliphatic carbocycles. The number of benzene rings is 1. The normalized spacial score (nSPS) is 20.9. The van der Waals surface area contributed by atoms with E-state index in [4.69, 9.17) is 4.74 Å². The number of alkyl halides is 3. The first-order valence-corrected chi connectivity index (χ1v) is 6.93. The van der Waals surface area contributed by atoms with Gasteiger partial charge in [-0.15, -0.1) is 0 Å². The Morgan fingerprint density at radius 2 is 2.15 bits per heavy atom. The van der Waals surface area contributed by atoms with Crippen molar-refractivity contribution < 1.29 is 17.9 Å². The van der Waals surface area contributed by atoms with E-state index in [1.54, 1.807) is 0 Å². The van der Waals surface area contributed by atoms with Crippen molar-refractivity contribution in [3.8, 4) is 5.75 Å². The largest absolute Gasteiger partial charge is 0.492 e. The monoisotopic (exact) mass is 287 g/mol. The molecule has 112 valence electrons. The predicted octanol–water partition coefficient (Wildman–Crippen LogP) is 3.65. The van der Waals surface area contributed by atoms with Gasteiger partial charge in [-0.1, -0.05) is 12.1 Å². The molecule has 1 aromatic carbocycles. The first-order chi connectivity index (χ1) is 9.45. The van der Waals surface area contributed by atoms with E-state index in [1.165, 1.54) is 0 Å². The van der Waals surface area contributed by atoms with Gasteiger partial charge in [-0.05, 0) is 44.0 Å². The van der Waals surface area contributed by atoms with Crippen LogP contribution in [0, 0.1) is 12.8 Å². The highest BCUT2D eigenvalue weighted by molar-refractivity contribution is 5.27. The maximum atomic E-state index is 12.7. The second kappa shape index (κ2) is 6.48. The number of aryl methyl sites for hydroxylation is 1. The topological polar surface area (TPSA) is 12.5 Å². The SMILES string of the molecule is Cc1cccc(OCCN2CCC[C@@H](C(F)(F)F)C2)c1. The summed E-state index contributed by atoms with van der Waals surface area (Å²) < 4.78 is 43.7. The van der Waals surface area contributed by atoms with Crippen LogP contribution < -0.4 is 4.74 Å². The van der Waals surface area contributed by atoms with Crippen molar-refractivity contribution in [3.63, 3.8) is 0 Å². The number of nitrogens with zero attached hydrogens (tertiary/aromatic N) is 1. The Morgan fingerprint density at radius 1 is 1.35 bits per heavy atom. The van der Waals surface area contributed by atoms with E-state index in [0.29, 0.717) is 19.6 Å². The lowest BCUT2D eigenvalue weighted by Crippen LogP contribution is -2.43. The molecule has 2 nitrogen and oxygen atoms in total. The summed E-state index contributed by atoms with van der Waals surface area (Å²) >= 11 is 0. The van der Waals surface area contributed by atoms with Crippen LogP contribution in [-0.2, 0) is 0 Å². The van der Waals surface area contributed by atoms with Crippen LogP contribution in [0.3, 0.4) is 0 Å². The molecule has 1 saturated heterocycles. The minimum atomic E-state index is -4.07. The molecule has 20 heavy (non-hydrogen) atoms. The summed E-state index contributed by atoms with van der Waals surface area (Å²) in [5.41, 5.74) is 1.11. The number of hydrogen-bond acceptors (Lipinski definition) is 2. The third-order valence-electron chi connectivity index (χ3n) is 3.63. The van der Waals surface area contributed by atoms with Crippen LogP contribution in [0.2, 0.25) is 0 Å². The molecule has 1 atom stereocenters. The molecule has 0 aromatic heterocycles. The quantitative estimate of drug-likeness (QED) is 0.838. The van der Waals surface area contributed by atoms with Crippen LogP contribution in [0.5, 0.6) is 5.75 Å². The molecular formula is C15H20F3NO. The first-order valence-electron chi connectivity index (χ1n) is 6.93. The zero-order valence-corrected chi connectivity index (χ0v) is 11.6. The fourth-order valence-corrected chi connectivity index (χ4v) is 2.52. The van der Waals surface area contributed by atoms with E-state index >= 15 is 0 Å². The molecule has 0 N–H and O–H groups in total. The lowest BCUT2D eigenvalue weighted by molar-refractivity contribution is -0.186. The molecule has 0 amide bonds. The van der Waals surface area contributed by atoms with Gasteiger partial charge in [-0.2, -0.15) is 13.2 Å². The molecule has 1 aliphatic heterocycles. The van der Waals surface area contributed by atoms with Crippen molar-refractivity contribution in [2.24, 2.45) is 5.92 Å². The van der Waals surface area contributed by atoms with Crippen molar-refractivity contribution in [2.45, 2.75) is 25.9 Å². The van der Waals surface area contributed by atoms with Crippen molar-refractivity contribution in [1.82, 2.24) is 4.90 Å². The number of likely N-dealkylation sites (tertiary alicyclic amines) is 1. The number of ether oxygens (including phenoxy) is 1. The summed E-state index contributed by atoms with van der Waals surface area (Å²) in [6, 6.07) is 7.67. The molecular weight excluding hydrogens is 267 g/mol. The highest BCUT2D eigenvalue weighted by atomic mass is 19.4. The highest BCUT2D eigenvalue weighted by Crippen LogP contribution is 2.32. The zero-order chi connectivity index (χ0) is 14.6. The Labute approximate surface area is 117 Å². The third-order valence-corrected chi connectivity index (χ3v) is 3.63. The minimum Gasteiger partial charge on any atom is -0.492 e. The number of piperidine rings is 1. The van der Waals surface area contributed by atoms with Crippen molar-refractivity contribution in [2.75, 3.05) is 26.2 Å². The average molecular weight is 287 g/mol.